The van der Waals surface area contributed by atoms with E-state index in [0.29, 0.717) is 53.9 Å². The molecule has 2 aromatic heterocycles. The van der Waals surface area contributed by atoms with Gasteiger partial charge in [-0.2, -0.15) is 0 Å². The van der Waals surface area contributed by atoms with Crippen LogP contribution in [0, 0.1) is 35.5 Å². The number of piperidine rings is 1. The monoisotopic (exact) mass is 1090 g/mol. The summed E-state index contributed by atoms with van der Waals surface area (Å²) in [4.78, 5) is 38.5. The number of carbonyl (C=O) groups excluding carboxylic acids is 2. The van der Waals surface area contributed by atoms with Gasteiger partial charge in [0, 0.05) is 66.5 Å². The van der Waals surface area contributed by atoms with Gasteiger partial charge in [-0.05, 0) is 194 Å². The molecule has 13 nitrogen and oxygen atoms in total. The molecule has 2 fully saturated rings. The second kappa shape index (κ2) is 21.9. The lowest BCUT2D eigenvalue weighted by atomic mass is 9.65. The minimum atomic E-state index is -1.47. The third-order valence-corrected chi connectivity index (χ3v) is 19.1. The Labute approximate surface area is 472 Å². The minimum absolute atomic E-state index is 0.0760. The van der Waals surface area contributed by atoms with E-state index >= 15 is 9.59 Å². The predicted octanol–water partition coefficient (Wildman–Crippen LogP) is 9.32. The highest BCUT2D eigenvalue weighted by atomic mass is 16.5. The van der Waals surface area contributed by atoms with E-state index in [9.17, 15) is 30.6 Å². The topological polar surface area (TPSA) is 220 Å². The first-order valence-corrected chi connectivity index (χ1v) is 29.5. The third-order valence-electron chi connectivity index (χ3n) is 19.1. The lowest BCUT2D eigenvalue weighted by Gasteiger charge is -2.39. The molecule has 10 unspecified atom stereocenters. The van der Waals surface area contributed by atoms with Gasteiger partial charge in [0.1, 0.15) is 29.5 Å². The number of anilines is 1. The first-order valence-electron chi connectivity index (χ1n) is 29.5. The van der Waals surface area contributed by atoms with Crippen molar-refractivity contribution in [2.45, 2.75) is 138 Å². The molecule has 0 radical (unpaired) electrons. The van der Waals surface area contributed by atoms with Crippen molar-refractivity contribution in [3.63, 3.8) is 0 Å². The van der Waals surface area contributed by atoms with E-state index in [4.69, 9.17) is 4.74 Å². The van der Waals surface area contributed by atoms with Crippen LogP contribution in [-0.2, 0) is 41.7 Å². The van der Waals surface area contributed by atoms with Crippen LogP contribution in [0.25, 0.3) is 23.3 Å². The molecule has 1 saturated heterocycles. The summed E-state index contributed by atoms with van der Waals surface area (Å²) in [6.07, 6.45) is 14.1. The van der Waals surface area contributed by atoms with Gasteiger partial charge in [-0.25, -0.2) is 0 Å². The minimum Gasteiger partial charge on any atom is -0.507 e. The Kier molecular flexibility index (Phi) is 14.4. The van der Waals surface area contributed by atoms with Gasteiger partial charge < -0.3 is 56.0 Å². The number of aliphatic hydroxyl groups excluding tert-OH is 3. The molecule has 4 aliphatic heterocycles. The molecule has 13 heteroatoms. The zero-order valence-corrected chi connectivity index (χ0v) is 45.6. The summed E-state index contributed by atoms with van der Waals surface area (Å²) < 4.78 is 6.62. The fourth-order valence-electron chi connectivity index (χ4n) is 14.8. The summed E-state index contributed by atoms with van der Waals surface area (Å²) in [7, 11) is 0. The number of H-pyrrole nitrogens is 2. The number of aryl methyl sites for hydroxylation is 2. The van der Waals surface area contributed by atoms with Crippen molar-refractivity contribution >= 4 is 29.5 Å². The second-order valence-corrected chi connectivity index (χ2v) is 24.2. The number of ether oxygens (including phenoxy) is 1. The van der Waals surface area contributed by atoms with Crippen molar-refractivity contribution in [2.24, 2.45) is 23.7 Å². The Morgan fingerprint density at radius 1 is 0.765 bits per heavy atom. The molecule has 81 heavy (non-hydrogen) atoms. The molecule has 8 aliphatic rings. The van der Waals surface area contributed by atoms with Crippen molar-refractivity contribution in [3.05, 3.63) is 164 Å². The van der Waals surface area contributed by atoms with Crippen LogP contribution in [0.15, 0.2) is 103 Å². The van der Waals surface area contributed by atoms with E-state index in [1.807, 2.05) is 42.7 Å². The Morgan fingerprint density at radius 3 is 2.44 bits per heavy atom. The number of phenols is 2. The van der Waals surface area contributed by atoms with Crippen LogP contribution >= 0.6 is 0 Å². The highest BCUT2D eigenvalue weighted by molar-refractivity contribution is 6.05. The molecule has 1 saturated carbocycles. The Bertz CT molecular complexity index is 3530. The molecule has 10 N–H and O–H groups in total. The number of hydrogen-bond acceptors (Lipinski definition) is 11. The van der Waals surface area contributed by atoms with Crippen LogP contribution in [0.1, 0.15) is 138 Å². The van der Waals surface area contributed by atoms with Crippen LogP contribution in [0.2, 0.25) is 0 Å². The van der Waals surface area contributed by atoms with E-state index in [1.54, 1.807) is 36.4 Å². The number of Topliss-reactive ketones (excluding diaryl/α,β-unsaturated/α-hetero) is 2. The lowest BCUT2D eigenvalue weighted by molar-refractivity contribution is -0.135. The number of phenolic OH excluding ortho intramolecular Hbond substituents is 2. The summed E-state index contributed by atoms with van der Waals surface area (Å²) in [6.45, 7) is 0.257. The fourth-order valence-corrected chi connectivity index (χ4v) is 14.8. The van der Waals surface area contributed by atoms with E-state index in [2.05, 4.69) is 62.8 Å². The maximum absolute atomic E-state index is 16.3. The molecule has 0 spiro atoms. The van der Waals surface area contributed by atoms with Crippen molar-refractivity contribution < 1.29 is 45.0 Å². The number of benzene rings is 4. The molecule has 0 amide bonds. The molecule has 10 bridgehead atoms. The van der Waals surface area contributed by atoms with Crippen molar-refractivity contribution in [3.8, 4) is 40.2 Å². The van der Waals surface area contributed by atoms with Crippen molar-refractivity contribution in [1.29, 1.82) is 0 Å². The van der Waals surface area contributed by atoms with Crippen LogP contribution in [-0.4, -0.2) is 95.2 Å². The number of aromatic nitrogens is 2. The van der Waals surface area contributed by atoms with Gasteiger partial charge in [-0.1, -0.05) is 72.5 Å². The summed E-state index contributed by atoms with van der Waals surface area (Å²) in [6, 6.07) is 24.3. The number of aromatic hydroxyl groups is 2. The standard InChI is InChI=1S/C68H72N4O9/c73-27-22-50-60(75)17-13-38-29-54(65(78)62(30-38)81-45-8-2-3-9-45)64(77)52-33-43-31-42-20-25-70-67(42)72-57(16-14-49-56-15-12-39(37-71-56)28-41-6-1-4-10-46(41)51(52)32-44(43)34-61(49)76)53-35-58-48(21-26-69-58)55(63(53)66(50)79)36-68(80)23-18-40-7-5-11-59(74)47(40)19-24-68/h1,4-7,10-11,19-21,24-26,29-30,32-33,35,39,45,49-50,55-57,61,63-64,69-74,76-78,80H,2-3,8-9,12-13,15,17-18,22-23,27-28,31,34,36-37H2. The summed E-state index contributed by atoms with van der Waals surface area (Å²) in [5, 5.41) is 81.0. The van der Waals surface area contributed by atoms with Gasteiger partial charge in [0.2, 0.25) is 0 Å². The second-order valence-electron chi connectivity index (χ2n) is 24.2. The van der Waals surface area contributed by atoms with E-state index in [1.165, 1.54) is 0 Å². The van der Waals surface area contributed by atoms with E-state index in [-0.39, 0.29) is 78.8 Å². The number of hydrogen-bond donors (Lipinski definition) is 10. The average Bonchev–Trinajstić information content (AvgIpc) is 4.32. The molecule has 6 heterocycles. The van der Waals surface area contributed by atoms with Crippen LogP contribution in [0.5, 0.6) is 17.2 Å². The average molecular weight is 1090 g/mol. The number of aromatic amines is 2. The van der Waals surface area contributed by atoms with Crippen LogP contribution in [0.4, 0.5) is 5.82 Å². The van der Waals surface area contributed by atoms with Crippen molar-refractivity contribution in [1.82, 2.24) is 15.3 Å². The highest BCUT2D eigenvalue weighted by Gasteiger charge is 2.47. The molecule has 14 rings (SSSR count). The van der Waals surface area contributed by atoms with Gasteiger partial charge in [0.05, 0.1) is 29.6 Å². The largest absolute Gasteiger partial charge is 0.507 e. The highest BCUT2D eigenvalue weighted by Crippen LogP contribution is 2.50. The smallest absolute Gasteiger partial charge is 0.163 e. The van der Waals surface area contributed by atoms with Gasteiger partial charge in [-0.15, -0.1) is 0 Å². The lowest BCUT2D eigenvalue weighted by Crippen LogP contribution is -2.48. The number of rotatable bonds is 6. The zero-order chi connectivity index (χ0) is 55.5. The molecular weight excluding hydrogens is 1020 g/mol. The molecule has 6 aromatic rings. The quantitative estimate of drug-likeness (QED) is 0.0560. The molecular formula is C68H72N4O9. The molecule has 418 valence electrons. The van der Waals surface area contributed by atoms with Gasteiger partial charge in [0.15, 0.2) is 17.3 Å². The Hall–Kier alpha value is -7.18. The Morgan fingerprint density at radius 2 is 1.60 bits per heavy atom. The van der Waals surface area contributed by atoms with E-state index < -0.39 is 59.9 Å². The number of aliphatic hydroxyl groups is 4. The predicted molar refractivity (Wildman–Crippen MR) is 311 cm³/mol. The fraction of sp³-hybridized carbons (Fsp3) is 0.412. The summed E-state index contributed by atoms with van der Waals surface area (Å²) in [5.41, 5.74) is 9.16. The number of nitrogens with one attached hydrogen (secondary N) is 4. The van der Waals surface area contributed by atoms with Crippen LogP contribution < -0.4 is 15.4 Å². The molecule has 4 aromatic carbocycles. The maximum atomic E-state index is 16.3. The molecule has 4 aliphatic carbocycles. The first-order chi connectivity index (χ1) is 39.4. The SMILES string of the molecule is O=C1CCc2cc(OC3CCCC3)c(O)c(c2)C(O)c2cc3c4cc2-c2ccccc2CC2CCC(NC2)C(C#CC(Nc2[nH]ccc2C3)C2=Cc3[nH]ccc3C(CC3(O)C=Cc5c(O)cccc5CC3)C2C(=O)C1CCO)C(O)C4. The third kappa shape index (κ3) is 10.2. The normalized spacial score (nSPS) is 28.0. The number of carbonyl (C=O) groups is 2. The summed E-state index contributed by atoms with van der Waals surface area (Å²) in [5.74, 6) is 4.02. The van der Waals surface area contributed by atoms with Gasteiger partial charge >= 0.3 is 0 Å². The molecule has 10 atom stereocenters. The van der Waals surface area contributed by atoms with Crippen molar-refractivity contribution in [2.75, 3.05) is 18.5 Å². The summed E-state index contributed by atoms with van der Waals surface area (Å²) >= 11 is 0. The van der Waals surface area contributed by atoms with Crippen LogP contribution in [0.3, 0.4) is 0 Å². The number of ketones is 2. The Balaban J connectivity index is 1.04. The van der Waals surface area contributed by atoms with Gasteiger partial charge in [-0.3, -0.25) is 9.59 Å². The maximum Gasteiger partial charge on any atom is 0.163 e. The van der Waals surface area contributed by atoms with Gasteiger partial charge in [0.25, 0.3) is 0 Å². The zero-order valence-electron chi connectivity index (χ0n) is 45.6. The van der Waals surface area contributed by atoms with E-state index in [0.717, 1.165) is 95.1 Å². The first kappa shape index (κ1) is 53.1. The number of fused-ring (bicyclic) bond motifs is 10.